The molecule has 9 heteroatoms. The van der Waals surface area contributed by atoms with Crippen LogP contribution in [-0.2, 0) is 7.05 Å². The Bertz CT molecular complexity index is 1010. The number of pyridine rings is 1. The van der Waals surface area contributed by atoms with Crippen molar-refractivity contribution in [3.8, 4) is 0 Å². The summed E-state index contributed by atoms with van der Waals surface area (Å²) >= 11 is 0. The van der Waals surface area contributed by atoms with Gasteiger partial charge in [0.1, 0.15) is 6.20 Å². The fourth-order valence-electron chi connectivity index (χ4n) is 2.58. The van der Waals surface area contributed by atoms with Gasteiger partial charge in [-0.1, -0.05) is 30.3 Å². The first-order valence-corrected chi connectivity index (χ1v) is 8.09. The molecule has 2 aromatic heterocycles. The number of nitrogens with zero attached hydrogens (tertiary/aromatic N) is 4. The summed E-state index contributed by atoms with van der Waals surface area (Å²) < 4.78 is 4.27. The van der Waals surface area contributed by atoms with E-state index in [2.05, 4.69) is 69.8 Å². The predicted molar refractivity (Wildman–Crippen MR) is 113 cm³/mol. The van der Waals surface area contributed by atoms with Crippen LogP contribution in [0.4, 0.5) is 0 Å². The van der Waals surface area contributed by atoms with E-state index in [0.29, 0.717) is 0 Å². The second kappa shape index (κ2) is 10.7. The third-order valence-corrected chi connectivity index (χ3v) is 3.97. The molecule has 148 valence electrons. The van der Waals surface area contributed by atoms with Crippen molar-refractivity contribution in [3.05, 3.63) is 71.2 Å². The van der Waals surface area contributed by atoms with E-state index in [-0.39, 0.29) is 39.9 Å². The Labute approximate surface area is 184 Å². The third kappa shape index (κ3) is 5.75. The van der Waals surface area contributed by atoms with Crippen LogP contribution in [0.2, 0.25) is 0 Å². The molecule has 3 rings (SSSR count). The van der Waals surface area contributed by atoms with Gasteiger partial charge >= 0.3 is 0 Å². The number of aromatic nitrogens is 2. The Morgan fingerprint density at radius 1 is 1.11 bits per heavy atom. The molecule has 7 nitrogen and oxygen atoms in total. The summed E-state index contributed by atoms with van der Waals surface area (Å²) in [4.78, 5) is 0. The van der Waals surface area contributed by atoms with Gasteiger partial charge in [0.15, 0.2) is 5.69 Å². The van der Waals surface area contributed by atoms with Gasteiger partial charge in [0.05, 0.1) is 19.5 Å². The maximum atomic E-state index is 8.51. The highest BCUT2D eigenvalue weighted by molar-refractivity contribution is 8.93. The third-order valence-electron chi connectivity index (χ3n) is 3.97. The van der Waals surface area contributed by atoms with E-state index in [4.69, 9.17) is 10.9 Å². The number of hydroxylamine groups is 1. The lowest BCUT2D eigenvalue weighted by Gasteiger charge is -1.95. The molecule has 0 radical (unpaired) electrons. The van der Waals surface area contributed by atoms with Gasteiger partial charge in [-0.05, 0) is 35.8 Å². The fourth-order valence-corrected chi connectivity index (χ4v) is 2.58. The number of halogens is 2. The molecule has 0 saturated heterocycles. The van der Waals surface area contributed by atoms with Crippen LogP contribution in [0, 0.1) is 6.92 Å². The van der Waals surface area contributed by atoms with Gasteiger partial charge in [-0.2, -0.15) is 5.10 Å². The fraction of sp³-hybridized carbons (Fsp3) is 0.105. The minimum absolute atomic E-state index is 0. The number of benzene rings is 1. The van der Waals surface area contributed by atoms with E-state index in [0.717, 1.165) is 22.5 Å². The van der Waals surface area contributed by atoms with E-state index in [1.165, 1.54) is 5.56 Å². The zero-order valence-corrected chi connectivity index (χ0v) is 18.7. The quantitative estimate of drug-likeness (QED) is 0.191. The van der Waals surface area contributed by atoms with Gasteiger partial charge in [-0.25, -0.2) is 14.4 Å². The number of guanidine groups is 1. The van der Waals surface area contributed by atoms with Crippen LogP contribution in [0.25, 0.3) is 17.8 Å². The Hall–Kier alpha value is -2.49. The molecular formula is C19H22Br2N6O. The topological polar surface area (TPSA) is 92.0 Å². The zero-order valence-electron chi connectivity index (χ0n) is 15.5. The van der Waals surface area contributed by atoms with E-state index >= 15 is 0 Å². The Kier molecular flexibility index (Phi) is 9.04. The Morgan fingerprint density at radius 3 is 2.46 bits per heavy atom. The van der Waals surface area contributed by atoms with Crippen LogP contribution in [0.15, 0.2) is 59.0 Å². The molecule has 2 heterocycles. The minimum Gasteiger partial charge on any atom is -1.00 e. The lowest BCUT2D eigenvalue weighted by molar-refractivity contribution is -0.511. The molecule has 0 bridgehead atoms. The molecule has 0 aliphatic heterocycles. The Balaban J connectivity index is 0.00000196. The van der Waals surface area contributed by atoms with Crippen LogP contribution in [0.1, 0.15) is 22.4 Å². The minimum atomic E-state index is -0.163. The average Bonchev–Trinajstić information content (AvgIpc) is 2.96. The summed E-state index contributed by atoms with van der Waals surface area (Å²) in [5.41, 5.74) is 12.4. The van der Waals surface area contributed by atoms with Crippen molar-refractivity contribution < 1.29 is 26.6 Å². The summed E-state index contributed by atoms with van der Waals surface area (Å²) in [6, 6.07) is 12.1. The van der Waals surface area contributed by atoms with Crippen LogP contribution in [0.3, 0.4) is 0 Å². The summed E-state index contributed by atoms with van der Waals surface area (Å²) in [5.74, 6) is -0.163. The van der Waals surface area contributed by atoms with Gasteiger partial charge in [0, 0.05) is 6.07 Å². The predicted octanol–water partition coefficient (Wildman–Crippen LogP) is -0.548. The highest BCUT2D eigenvalue weighted by atomic mass is 79.9. The first kappa shape index (κ1) is 23.5. The van der Waals surface area contributed by atoms with Crippen LogP contribution >= 0.6 is 17.0 Å². The molecule has 3 aromatic rings. The zero-order chi connectivity index (χ0) is 18.5. The van der Waals surface area contributed by atoms with Crippen LogP contribution in [0.5, 0.6) is 0 Å². The van der Waals surface area contributed by atoms with Gasteiger partial charge in [-0.3, -0.25) is 5.21 Å². The molecule has 0 aliphatic carbocycles. The molecule has 0 fully saturated rings. The normalized spacial score (nSPS) is 11.6. The maximum absolute atomic E-state index is 8.51. The van der Waals surface area contributed by atoms with E-state index in [1.807, 2.05) is 24.3 Å². The lowest BCUT2D eigenvalue weighted by atomic mass is 10.1. The molecule has 4 N–H and O–H groups in total. The molecule has 0 saturated carbocycles. The van der Waals surface area contributed by atoms with Crippen molar-refractivity contribution in [2.45, 2.75) is 6.92 Å². The molecule has 1 aromatic carbocycles. The smallest absolute Gasteiger partial charge is 0.286 e. The molecular weight excluding hydrogens is 488 g/mol. The van der Waals surface area contributed by atoms with Crippen molar-refractivity contribution in [2.75, 3.05) is 0 Å². The highest BCUT2D eigenvalue weighted by Gasteiger charge is 2.11. The molecule has 0 unspecified atom stereocenters. The summed E-state index contributed by atoms with van der Waals surface area (Å²) in [7, 11) is 2.05. The monoisotopic (exact) mass is 508 g/mol. The van der Waals surface area contributed by atoms with Gasteiger partial charge in [-0.15, -0.1) is 22.1 Å². The molecule has 0 amide bonds. The van der Waals surface area contributed by atoms with E-state index in [1.54, 1.807) is 11.7 Å². The van der Waals surface area contributed by atoms with Crippen LogP contribution in [-0.4, -0.2) is 21.9 Å². The SMILES string of the molecule is Br.Cc1ccc2n(C)c(/C=C/c3ccc(/C=N/N=C(\N)NO)cc3)c[n+]2c1.[Br-]. The second-order valence-corrected chi connectivity index (χ2v) is 5.93. The van der Waals surface area contributed by atoms with E-state index in [9.17, 15) is 0 Å². The summed E-state index contributed by atoms with van der Waals surface area (Å²) in [5, 5.41) is 15.8. The number of rotatable bonds is 4. The maximum Gasteiger partial charge on any atom is 0.286 e. The lowest BCUT2D eigenvalue weighted by Crippen LogP contribution is -3.00. The average molecular weight is 510 g/mol. The molecule has 0 spiro atoms. The number of fused-ring (bicyclic) bond motifs is 1. The number of hydrogen-bond acceptors (Lipinski definition) is 3. The number of imidazole rings is 1. The largest absolute Gasteiger partial charge is 1.00 e. The second-order valence-electron chi connectivity index (χ2n) is 5.93. The molecule has 0 aliphatic rings. The van der Waals surface area contributed by atoms with Crippen molar-refractivity contribution >= 4 is 47.0 Å². The van der Waals surface area contributed by atoms with Gasteiger partial charge < -0.3 is 22.7 Å². The van der Waals surface area contributed by atoms with Crippen molar-refractivity contribution in [2.24, 2.45) is 23.0 Å². The van der Waals surface area contributed by atoms with Crippen LogP contribution < -0.4 is 32.6 Å². The van der Waals surface area contributed by atoms with Gasteiger partial charge in [0.2, 0.25) is 5.96 Å². The molecule has 0 atom stereocenters. The Morgan fingerprint density at radius 2 is 1.79 bits per heavy atom. The molecule has 28 heavy (non-hydrogen) atoms. The standard InChI is InChI=1S/C19H21N6O.2BrH/c1-14-3-10-18-24(2)17(13-25(18)12-14)9-8-15-4-6-16(7-5-15)11-21-22-19(20)23-26;;/h3-13,26H,1-2H3,(H3,20,22,23);2*1H/q+1;;/p-1/b9-8+,21-11+;;. The van der Waals surface area contributed by atoms with Crippen molar-refractivity contribution in [3.63, 3.8) is 0 Å². The number of nitrogens with one attached hydrogen (secondary N) is 1. The first-order chi connectivity index (χ1) is 12.6. The highest BCUT2D eigenvalue weighted by Crippen LogP contribution is 2.11. The first-order valence-electron chi connectivity index (χ1n) is 8.09. The summed E-state index contributed by atoms with van der Waals surface area (Å²) in [6.45, 7) is 2.08. The number of nitrogens with two attached hydrogens (primary N) is 1. The summed E-state index contributed by atoms with van der Waals surface area (Å²) in [6.07, 6.45) is 9.93. The van der Waals surface area contributed by atoms with Crippen molar-refractivity contribution in [1.29, 1.82) is 0 Å². The van der Waals surface area contributed by atoms with E-state index < -0.39 is 0 Å². The number of aryl methyl sites for hydroxylation is 2. The van der Waals surface area contributed by atoms with Gasteiger partial charge in [0.25, 0.3) is 5.65 Å². The van der Waals surface area contributed by atoms with Crippen molar-refractivity contribution in [1.82, 2.24) is 10.0 Å². The number of hydrogen-bond donors (Lipinski definition) is 3.